The second-order valence-electron chi connectivity index (χ2n) is 5.40. The number of hydrogen-bond donors (Lipinski definition) is 0. The molecule has 0 fully saturated rings. The van der Waals surface area contributed by atoms with Crippen molar-refractivity contribution >= 4 is 17.3 Å². The van der Waals surface area contributed by atoms with Crippen LogP contribution >= 0.6 is 0 Å². The summed E-state index contributed by atoms with van der Waals surface area (Å²) in [6, 6.07) is 3.62. The molecule has 0 bridgehead atoms. The van der Waals surface area contributed by atoms with E-state index in [1.54, 1.807) is 6.07 Å². The van der Waals surface area contributed by atoms with Crippen molar-refractivity contribution in [3.63, 3.8) is 0 Å². The molecular formula is C14H18N2O3. The van der Waals surface area contributed by atoms with Crippen molar-refractivity contribution in [3.8, 4) is 0 Å². The topological polar surface area (TPSA) is 63.5 Å². The van der Waals surface area contributed by atoms with E-state index in [2.05, 4.69) is 13.8 Å². The Morgan fingerprint density at radius 2 is 2.16 bits per heavy atom. The van der Waals surface area contributed by atoms with Crippen LogP contribution in [0.15, 0.2) is 12.1 Å². The van der Waals surface area contributed by atoms with Crippen LogP contribution in [0.4, 0.5) is 11.4 Å². The van der Waals surface area contributed by atoms with Gasteiger partial charge in [-0.05, 0) is 29.9 Å². The van der Waals surface area contributed by atoms with E-state index >= 15 is 0 Å². The molecule has 5 heteroatoms. The molecule has 1 aliphatic rings. The lowest BCUT2D eigenvalue weighted by Crippen LogP contribution is -2.26. The van der Waals surface area contributed by atoms with Gasteiger partial charge in [-0.2, -0.15) is 0 Å². The van der Waals surface area contributed by atoms with Gasteiger partial charge in [-0.15, -0.1) is 0 Å². The molecule has 1 aromatic carbocycles. The Morgan fingerprint density at radius 1 is 1.47 bits per heavy atom. The molecule has 0 N–H and O–H groups in total. The van der Waals surface area contributed by atoms with Gasteiger partial charge in [0.25, 0.3) is 5.69 Å². The first-order valence-electron chi connectivity index (χ1n) is 6.48. The average Bonchev–Trinajstić information content (AvgIpc) is 2.70. The van der Waals surface area contributed by atoms with E-state index < -0.39 is 0 Å². The van der Waals surface area contributed by atoms with Gasteiger partial charge >= 0.3 is 0 Å². The molecule has 102 valence electrons. The Morgan fingerprint density at radius 3 is 2.68 bits per heavy atom. The highest BCUT2D eigenvalue weighted by Gasteiger charge is 2.31. The van der Waals surface area contributed by atoms with Crippen LogP contribution in [0.25, 0.3) is 0 Å². The second-order valence-corrected chi connectivity index (χ2v) is 5.40. The number of anilines is 1. The fourth-order valence-corrected chi connectivity index (χ4v) is 2.63. The van der Waals surface area contributed by atoms with Gasteiger partial charge in [-0.1, -0.05) is 19.9 Å². The van der Waals surface area contributed by atoms with Gasteiger partial charge in [0.1, 0.15) is 5.69 Å². The van der Waals surface area contributed by atoms with Crippen molar-refractivity contribution < 1.29 is 9.72 Å². The lowest BCUT2D eigenvalue weighted by Gasteiger charge is -2.15. The molecule has 0 saturated heterocycles. The van der Waals surface area contributed by atoms with Crippen LogP contribution in [0, 0.1) is 16.0 Å². The normalized spacial score (nSPS) is 13.8. The van der Waals surface area contributed by atoms with Gasteiger partial charge in [-0.25, -0.2) is 0 Å². The minimum Gasteiger partial charge on any atom is -0.306 e. The molecule has 0 aromatic heterocycles. The summed E-state index contributed by atoms with van der Waals surface area (Å²) in [6.07, 6.45) is 1.51. The lowest BCUT2D eigenvalue weighted by atomic mass is 9.99. The van der Waals surface area contributed by atoms with Gasteiger partial charge < -0.3 is 4.90 Å². The molecule has 1 aromatic rings. The zero-order valence-corrected chi connectivity index (χ0v) is 11.5. The predicted molar refractivity (Wildman–Crippen MR) is 73.4 cm³/mol. The van der Waals surface area contributed by atoms with E-state index in [0.717, 1.165) is 17.5 Å². The number of fused-ring (bicyclic) bond motifs is 1. The summed E-state index contributed by atoms with van der Waals surface area (Å²) in [7, 11) is 0. The number of benzene rings is 1. The molecular weight excluding hydrogens is 244 g/mol. The maximum absolute atomic E-state index is 11.5. The number of nitrogens with zero attached hydrogens (tertiary/aromatic N) is 2. The number of nitro groups is 1. The van der Waals surface area contributed by atoms with E-state index in [1.165, 1.54) is 11.8 Å². The van der Waals surface area contributed by atoms with Crippen LogP contribution < -0.4 is 4.90 Å². The largest absolute Gasteiger partial charge is 0.306 e. The molecule has 1 amide bonds. The van der Waals surface area contributed by atoms with E-state index in [-0.39, 0.29) is 16.5 Å². The van der Waals surface area contributed by atoms with Gasteiger partial charge in [0.05, 0.1) is 4.92 Å². The molecule has 0 atom stereocenters. The second kappa shape index (κ2) is 4.99. The Bertz CT molecular complexity index is 538. The molecule has 0 spiro atoms. The molecule has 1 aliphatic heterocycles. The van der Waals surface area contributed by atoms with Gasteiger partial charge in [0.15, 0.2) is 0 Å². The summed E-state index contributed by atoms with van der Waals surface area (Å²) < 4.78 is 0. The smallest absolute Gasteiger partial charge is 0.293 e. The summed E-state index contributed by atoms with van der Waals surface area (Å²) in [5.41, 5.74) is 2.44. The fraction of sp³-hybridized carbons (Fsp3) is 0.500. The Balaban J connectivity index is 2.52. The van der Waals surface area contributed by atoms with Crippen LogP contribution in [0.2, 0.25) is 0 Å². The van der Waals surface area contributed by atoms with Crippen LogP contribution in [0.3, 0.4) is 0 Å². The van der Waals surface area contributed by atoms with Gasteiger partial charge in [-0.3, -0.25) is 14.9 Å². The average molecular weight is 262 g/mol. The molecule has 1 heterocycles. The molecule has 0 saturated carbocycles. The first-order valence-corrected chi connectivity index (χ1v) is 6.48. The Kier molecular flexibility index (Phi) is 3.55. The fourth-order valence-electron chi connectivity index (χ4n) is 2.63. The van der Waals surface area contributed by atoms with Crippen molar-refractivity contribution in [2.75, 3.05) is 11.4 Å². The zero-order valence-electron chi connectivity index (χ0n) is 11.5. The number of carbonyl (C=O) groups is 1. The van der Waals surface area contributed by atoms with Crippen molar-refractivity contribution in [1.82, 2.24) is 0 Å². The monoisotopic (exact) mass is 262 g/mol. The molecule has 0 unspecified atom stereocenters. The number of amides is 1. The third-order valence-electron chi connectivity index (χ3n) is 3.32. The van der Waals surface area contributed by atoms with Crippen molar-refractivity contribution in [3.05, 3.63) is 33.4 Å². The molecule has 5 nitrogen and oxygen atoms in total. The maximum atomic E-state index is 11.5. The van der Waals surface area contributed by atoms with E-state index in [1.807, 2.05) is 6.07 Å². The number of rotatable bonds is 3. The predicted octanol–water partition coefficient (Wildman–Crippen LogP) is 2.70. The minimum absolute atomic E-state index is 0.0563. The molecule has 19 heavy (non-hydrogen) atoms. The van der Waals surface area contributed by atoms with E-state index in [9.17, 15) is 14.9 Å². The third kappa shape index (κ3) is 2.59. The first-order chi connectivity index (χ1) is 8.90. The quantitative estimate of drug-likeness (QED) is 0.621. The SMILES string of the molecule is CC(=O)N1CCc2cc(CC(C)C)cc([N+](=O)[O-])c21. The van der Waals surface area contributed by atoms with Crippen LogP contribution in [0.1, 0.15) is 31.9 Å². The maximum Gasteiger partial charge on any atom is 0.293 e. The summed E-state index contributed by atoms with van der Waals surface area (Å²) in [5, 5.41) is 11.2. The molecule has 2 rings (SSSR count). The highest BCUT2D eigenvalue weighted by atomic mass is 16.6. The standard InChI is InChI=1S/C14H18N2O3/c1-9(2)6-11-7-12-4-5-15(10(3)17)14(12)13(8-11)16(18)19/h7-9H,4-6H2,1-3H3. The van der Waals surface area contributed by atoms with Crippen LogP contribution in [0.5, 0.6) is 0 Å². The highest BCUT2D eigenvalue weighted by molar-refractivity contribution is 5.96. The van der Waals surface area contributed by atoms with E-state index in [0.29, 0.717) is 24.6 Å². The summed E-state index contributed by atoms with van der Waals surface area (Å²) >= 11 is 0. The zero-order chi connectivity index (χ0) is 14.2. The van der Waals surface area contributed by atoms with Crippen LogP contribution in [-0.2, 0) is 17.6 Å². The Hall–Kier alpha value is -1.91. The number of carbonyl (C=O) groups excluding carboxylic acids is 1. The lowest BCUT2D eigenvalue weighted by molar-refractivity contribution is -0.384. The highest BCUT2D eigenvalue weighted by Crippen LogP contribution is 2.38. The van der Waals surface area contributed by atoms with Gasteiger partial charge in [0.2, 0.25) is 5.91 Å². The summed E-state index contributed by atoms with van der Waals surface area (Å²) in [4.78, 5) is 23.9. The van der Waals surface area contributed by atoms with E-state index in [4.69, 9.17) is 0 Å². The molecule has 0 aliphatic carbocycles. The summed E-state index contributed by atoms with van der Waals surface area (Å²) in [5.74, 6) is 0.307. The van der Waals surface area contributed by atoms with Crippen molar-refractivity contribution in [1.29, 1.82) is 0 Å². The molecule has 0 radical (unpaired) electrons. The van der Waals surface area contributed by atoms with Crippen molar-refractivity contribution in [2.24, 2.45) is 5.92 Å². The first kappa shape index (κ1) is 13.5. The number of nitro benzene ring substituents is 1. The summed E-state index contributed by atoms with van der Waals surface area (Å²) in [6.45, 7) is 6.15. The number of hydrogen-bond acceptors (Lipinski definition) is 3. The Labute approximate surface area is 112 Å². The van der Waals surface area contributed by atoms with Crippen molar-refractivity contribution in [2.45, 2.75) is 33.6 Å². The third-order valence-corrected chi connectivity index (χ3v) is 3.32. The minimum atomic E-state index is -0.385. The van der Waals surface area contributed by atoms with Gasteiger partial charge in [0, 0.05) is 19.5 Å². The van der Waals surface area contributed by atoms with Crippen LogP contribution in [-0.4, -0.2) is 17.4 Å².